The summed E-state index contributed by atoms with van der Waals surface area (Å²) in [6.07, 6.45) is -8.99. The van der Waals surface area contributed by atoms with Crippen LogP contribution in [-0.4, -0.2) is 23.3 Å². The molecule has 0 aromatic rings. The molecule has 0 aromatic carbocycles. The number of hydrogen-bond acceptors (Lipinski definition) is 1. The third-order valence-electron chi connectivity index (χ3n) is 1.05. The van der Waals surface area contributed by atoms with Gasteiger partial charge < -0.3 is 0 Å². The molecule has 0 heterocycles. The van der Waals surface area contributed by atoms with E-state index in [0.29, 0.717) is 6.92 Å². The van der Waals surface area contributed by atoms with Gasteiger partial charge >= 0.3 is 11.3 Å². The molecule has 7 heteroatoms. The Morgan fingerprint density at radius 1 is 1.33 bits per heavy atom. The van der Waals surface area contributed by atoms with Crippen molar-refractivity contribution in [2.75, 3.05) is 0 Å². The Labute approximate surface area is 69.5 Å². The number of rotatable bonds is 2. The van der Waals surface area contributed by atoms with E-state index in [1.54, 1.807) is 0 Å². The summed E-state index contributed by atoms with van der Waals surface area (Å²) < 4.78 is 59.1. The lowest BCUT2D eigenvalue weighted by molar-refractivity contribution is -0.215. The Kier molecular flexibility index (Phi) is 3.06. The van der Waals surface area contributed by atoms with Crippen LogP contribution in [0.1, 0.15) is 6.92 Å². The molecule has 12 heavy (non-hydrogen) atoms. The number of halogens is 6. The van der Waals surface area contributed by atoms with Gasteiger partial charge in [-0.25, -0.2) is 8.78 Å². The molecule has 2 atom stereocenters. The highest BCUT2D eigenvalue weighted by Crippen LogP contribution is 2.41. The standard InChI is InChI=1S/C5H4ClF5O/c1-2(12)3(7)4(6,8)5(9,10)11/h3H,1H3. The lowest BCUT2D eigenvalue weighted by atomic mass is 10.1. The second-order valence-corrected chi connectivity index (χ2v) is 2.64. The molecule has 0 aliphatic rings. The van der Waals surface area contributed by atoms with Crippen molar-refractivity contribution in [3.05, 3.63) is 0 Å². The lowest BCUT2D eigenvalue weighted by Crippen LogP contribution is -2.46. The predicted molar refractivity (Wildman–Crippen MR) is 31.3 cm³/mol. The number of Topliss-reactive ketones (excluding diaryl/α,β-unsaturated/α-hetero) is 1. The first-order chi connectivity index (χ1) is 5.10. The zero-order valence-corrected chi connectivity index (χ0v) is 6.51. The van der Waals surface area contributed by atoms with Crippen LogP contribution in [0, 0.1) is 0 Å². The minimum absolute atomic E-state index is 0.479. The van der Waals surface area contributed by atoms with Crippen LogP contribution in [0.3, 0.4) is 0 Å². The fourth-order valence-corrected chi connectivity index (χ4v) is 0.553. The topological polar surface area (TPSA) is 17.1 Å². The van der Waals surface area contributed by atoms with Gasteiger partial charge in [-0.3, -0.25) is 4.79 Å². The molecule has 0 bridgehead atoms. The van der Waals surface area contributed by atoms with Gasteiger partial charge in [0.1, 0.15) is 0 Å². The summed E-state index contributed by atoms with van der Waals surface area (Å²) in [5, 5.41) is -4.63. The monoisotopic (exact) mass is 210 g/mol. The Morgan fingerprint density at radius 2 is 1.67 bits per heavy atom. The molecule has 0 aliphatic heterocycles. The van der Waals surface area contributed by atoms with E-state index in [1.165, 1.54) is 0 Å². The van der Waals surface area contributed by atoms with Crippen LogP contribution in [0.5, 0.6) is 0 Å². The summed E-state index contributed by atoms with van der Waals surface area (Å²) in [5.41, 5.74) is 0. The van der Waals surface area contributed by atoms with Crippen LogP contribution in [0.2, 0.25) is 0 Å². The first-order valence-corrected chi connectivity index (χ1v) is 3.07. The van der Waals surface area contributed by atoms with E-state index >= 15 is 0 Å². The summed E-state index contributed by atoms with van der Waals surface area (Å²) in [6, 6.07) is 0. The third-order valence-corrected chi connectivity index (χ3v) is 1.46. The largest absolute Gasteiger partial charge is 0.440 e. The molecule has 0 aliphatic carbocycles. The van der Waals surface area contributed by atoms with Gasteiger partial charge in [0.05, 0.1) is 0 Å². The molecule has 0 saturated heterocycles. The van der Waals surface area contributed by atoms with Crippen molar-refractivity contribution >= 4 is 17.4 Å². The van der Waals surface area contributed by atoms with Crippen LogP contribution >= 0.6 is 11.6 Å². The summed E-state index contributed by atoms with van der Waals surface area (Å²) in [6.45, 7) is 0.479. The van der Waals surface area contributed by atoms with Gasteiger partial charge in [-0.1, -0.05) is 11.6 Å². The molecule has 0 amide bonds. The van der Waals surface area contributed by atoms with Gasteiger partial charge in [0.15, 0.2) is 5.78 Å². The van der Waals surface area contributed by atoms with Crippen molar-refractivity contribution < 1.29 is 26.7 Å². The predicted octanol–water partition coefficient (Wildman–Crippen LogP) is 2.38. The van der Waals surface area contributed by atoms with Crippen LogP contribution in [0.15, 0.2) is 0 Å². The molecule has 2 unspecified atom stereocenters. The van der Waals surface area contributed by atoms with Gasteiger partial charge in [0.25, 0.3) is 0 Å². The minimum Gasteiger partial charge on any atom is -0.297 e. The lowest BCUT2D eigenvalue weighted by Gasteiger charge is -2.22. The van der Waals surface area contributed by atoms with Gasteiger partial charge in [0, 0.05) is 0 Å². The van der Waals surface area contributed by atoms with E-state index < -0.39 is 23.3 Å². The molecule has 0 spiro atoms. The van der Waals surface area contributed by atoms with Crippen molar-refractivity contribution in [3.8, 4) is 0 Å². The Balaban J connectivity index is 4.73. The highest BCUT2D eigenvalue weighted by Gasteiger charge is 2.62. The molecule has 0 aromatic heterocycles. The van der Waals surface area contributed by atoms with E-state index in [-0.39, 0.29) is 0 Å². The van der Waals surface area contributed by atoms with Crippen LogP contribution < -0.4 is 0 Å². The highest BCUT2D eigenvalue weighted by atomic mass is 35.5. The van der Waals surface area contributed by atoms with Gasteiger partial charge in [-0.2, -0.15) is 13.2 Å². The number of hydrogen-bond donors (Lipinski definition) is 0. The SMILES string of the molecule is CC(=O)C(F)C(F)(Cl)C(F)(F)F. The maximum absolute atomic E-state index is 12.3. The number of ketones is 1. The molecular weight excluding hydrogens is 206 g/mol. The van der Waals surface area contributed by atoms with Crippen LogP contribution in [0.25, 0.3) is 0 Å². The molecule has 0 radical (unpaired) electrons. The van der Waals surface area contributed by atoms with Gasteiger partial charge in [-0.15, -0.1) is 0 Å². The van der Waals surface area contributed by atoms with Crippen molar-refractivity contribution in [1.29, 1.82) is 0 Å². The van der Waals surface area contributed by atoms with Crippen LogP contribution in [-0.2, 0) is 4.79 Å². The van der Waals surface area contributed by atoms with Crippen molar-refractivity contribution in [1.82, 2.24) is 0 Å². The summed E-state index contributed by atoms with van der Waals surface area (Å²) in [7, 11) is 0. The summed E-state index contributed by atoms with van der Waals surface area (Å²) >= 11 is 4.17. The van der Waals surface area contributed by atoms with E-state index in [1.807, 2.05) is 0 Å². The summed E-state index contributed by atoms with van der Waals surface area (Å²) in [5.74, 6) is -1.61. The molecule has 72 valence electrons. The Morgan fingerprint density at radius 3 is 1.75 bits per heavy atom. The van der Waals surface area contributed by atoms with Crippen LogP contribution in [0.4, 0.5) is 22.0 Å². The zero-order chi connectivity index (χ0) is 10.2. The molecule has 0 N–H and O–H groups in total. The molecular formula is C5H4ClF5O. The normalized spacial score (nSPS) is 19.9. The fraction of sp³-hybridized carbons (Fsp3) is 0.800. The zero-order valence-electron chi connectivity index (χ0n) is 5.75. The quantitative estimate of drug-likeness (QED) is 0.505. The van der Waals surface area contributed by atoms with E-state index in [9.17, 15) is 26.7 Å². The van der Waals surface area contributed by atoms with Crippen molar-refractivity contribution in [2.24, 2.45) is 0 Å². The number of carbonyl (C=O) groups excluding carboxylic acids is 1. The van der Waals surface area contributed by atoms with E-state index in [0.717, 1.165) is 0 Å². The molecule has 1 nitrogen and oxygen atoms in total. The Bertz CT molecular complexity index is 187. The molecule has 0 rings (SSSR count). The fourth-order valence-electron chi connectivity index (χ4n) is 0.399. The average molecular weight is 211 g/mol. The smallest absolute Gasteiger partial charge is 0.297 e. The minimum atomic E-state index is -5.60. The average Bonchev–Trinajstić information content (AvgIpc) is 1.83. The first kappa shape index (κ1) is 11.6. The Hall–Kier alpha value is -0.390. The second-order valence-electron chi connectivity index (χ2n) is 2.09. The van der Waals surface area contributed by atoms with E-state index in [4.69, 9.17) is 0 Å². The molecule has 0 fully saturated rings. The molecule has 0 saturated carbocycles. The third kappa shape index (κ3) is 2.06. The highest BCUT2D eigenvalue weighted by molar-refractivity contribution is 6.25. The number of alkyl halides is 6. The maximum Gasteiger partial charge on any atom is 0.440 e. The maximum atomic E-state index is 12.3. The second kappa shape index (κ2) is 3.16. The number of carbonyl (C=O) groups is 1. The van der Waals surface area contributed by atoms with Gasteiger partial charge in [-0.05, 0) is 6.92 Å². The van der Waals surface area contributed by atoms with Crippen molar-refractivity contribution in [3.63, 3.8) is 0 Å². The van der Waals surface area contributed by atoms with Crippen molar-refractivity contribution in [2.45, 2.75) is 24.4 Å². The summed E-state index contributed by atoms with van der Waals surface area (Å²) in [4.78, 5) is 10.0. The first-order valence-electron chi connectivity index (χ1n) is 2.69. The van der Waals surface area contributed by atoms with Gasteiger partial charge in [0.2, 0.25) is 6.17 Å². The van der Waals surface area contributed by atoms with E-state index in [2.05, 4.69) is 11.6 Å².